The first kappa shape index (κ1) is 11.3. The molecule has 2 aliphatic carbocycles. The molecule has 94 valence electrons. The lowest BCUT2D eigenvalue weighted by atomic mass is 10.3. The van der Waals surface area contributed by atoms with Crippen molar-refractivity contribution in [1.29, 1.82) is 0 Å². The summed E-state index contributed by atoms with van der Waals surface area (Å²) in [5.41, 5.74) is 0. The Morgan fingerprint density at radius 1 is 1.29 bits per heavy atom. The van der Waals surface area contributed by atoms with Gasteiger partial charge in [0.1, 0.15) is 0 Å². The Labute approximate surface area is 107 Å². The fourth-order valence-corrected chi connectivity index (χ4v) is 2.55. The van der Waals surface area contributed by atoms with E-state index in [0.29, 0.717) is 0 Å². The van der Waals surface area contributed by atoms with Crippen LogP contribution in [0.5, 0.6) is 0 Å². The Kier molecular flexibility index (Phi) is 2.94. The minimum Gasteiger partial charge on any atom is -0.340 e. The van der Waals surface area contributed by atoms with Gasteiger partial charge in [0.05, 0.1) is 0 Å². The first-order valence-electron chi connectivity index (χ1n) is 6.68. The third kappa shape index (κ3) is 2.54. The molecule has 0 aromatic carbocycles. The van der Waals surface area contributed by atoms with Crippen LogP contribution in [0.4, 0.5) is 5.95 Å². The van der Waals surface area contributed by atoms with Gasteiger partial charge in [-0.3, -0.25) is 4.57 Å². The zero-order valence-corrected chi connectivity index (χ0v) is 11.2. The molecule has 17 heavy (non-hydrogen) atoms. The third-order valence-corrected chi connectivity index (χ3v) is 4.00. The summed E-state index contributed by atoms with van der Waals surface area (Å²) in [6.07, 6.45) is 5.55. The summed E-state index contributed by atoms with van der Waals surface area (Å²) in [5.74, 6) is 2.84. The van der Waals surface area contributed by atoms with Crippen LogP contribution in [0.1, 0.15) is 32.6 Å². The van der Waals surface area contributed by atoms with Crippen molar-refractivity contribution < 1.29 is 0 Å². The predicted molar refractivity (Wildman–Crippen MR) is 70.7 cm³/mol. The summed E-state index contributed by atoms with van der Waals surface area (Å²) >= 11 is 5.27. The number of nitrogens with zero attached hydrogens (tertiary/aromatic N) is 3. The van der Waals surface area contributed by atoms with E-state index in [-0.39, 0.29) is 0 Å². The standard InChI is InChI=1S/C12H20N4S/c1-2-16-11(13-14-12(16)17)15(7-9-3-4-9)8-10-5-6-10/h9-10H,2-8H2,1H3,(H,14,17). The summed E-state index contributed by atoms with van der Waals surface area (Å²) in [6.45, 7) is 5.35. The smallest absolute Gasteiger partial charge is 0.225 e. The van der Waals surface area contributed by atoms with Crippen molar-refractivity contribution in [2.24, 2.45) is 11.8 Å². The second-order valence-electron chi connectivity index (χ2n) is 5.36. The first-order chi connectivity index (χ1) is 8.28. The van der Waals surface area contributed by atoms with Crippen molar-refractivity contribution in [2.45, 2.75) is 39.2 Å². The number of anilines is 1. The van der Waals surface area contributed by atoms with Crippen LogP contribution in [0.25, 0.3) is 0 Å². The Balaban J connectivity index is 1.81. The van der Waals surface area contributed by atoms with E-state index in [1.54, 1.807) is 0 Å². The maximum atomic E-state index is 5.27. The molecule has 2 fully saturated rings. The molecule has 3 rings (SSSR count). The molecule has 1 aromatic heterocycles. The predicted octanol–water partition coefficient (Wildman–Crippen LogP) is 2.59. The largest absolute Gasteiger partial charge is 0.340 e. The monoisotopic (exact) mass is 252 g/mol. The summed E-state index contributed by atoms with van der Waals surface area (Å²) in [7, 11) is 0. The number of aromatic nitrogens is 3. The van der Waals surface area contributed by atoms with Crippen molar-refractivity contribution >= 4 is 18.2 Å². The lowest BCUT2D eigenvalue weighted by molar-refractivity contribution is 0.630. The molecule has 0 radical (unpaired) electrons. The van der Waals surface area contributed by atoms with Gasteiger partial charge in [0, 0.05) is 19.6 Å². The highest BCUT2D eigenvalue weighted by Gasteiger charge is 2.31. The quantitative estimate of drug-likeness (QED) is 0.791. The van der Waals surface area contributed by atoms with E-state index in [2.05, 4.69) is 26.6 Å². The molecule has 0 unspecified atom stereocenters. The summed E-state index contributed by atoms with van der Waals surface area (Å²) < 4.78 is 2.86. The molecule has 2 aliphatic rings. The van der Waals surface area contributed by atoms with Crippen LogP contribution < -0.4 is 4.90 Å². The number of hydrogen-bond donors (Lipinski definition) is 1. The van der Waals surface area contributed by atoms with Crippen LogP contribution >= 0.6 is 12.2 Å². The molecular formula is C12H20N4S. The van der Waals surface area contributed by atoms with Gasteiger partial charge in [-0.1, -0.05) is 0 Å². The summed E-state index contributed by atoms with van der Waals surface area (Å²) in [6, 6.07) is 0. The van der Waals surface area contributed by atoms with Crippen molar-refractivity contribution in [3.63, 3.8) is 0 Å². The third-order valence-electron chi connectivity index (χ3n) is 3.69. The normalized spacial score (nSPS) is 19.6. The van der Waals surface area contributed by atoms with Crippen molar-refractivity contribution in [3.05, 3.63) is 4.77 Å². The van der Waals surface area contributed by atoms with Crippen LogP contribution in [-0.2, 0) is 6.54 Å². The van der Waals surface area contributed by atoms with Gasteiger partial charge in [-0.05, 0) is 56.7 Å². The fraction of sp³-hybridized carbons (Fsp3) is 0.833. The second kappa shape index (κ2) is 4.44. The van der Waals surface area contributed by atoms with Crippen molar-refractivity contribution in [3.8, 4) is 0 Å². The molecule has 0 atom stereocenters. The van der Waals surface area contributed by atoms with Crippen molar-refractivity contribution in [2.75, 3.05) is 18.0 Å². The molecule has 0 saturated heterocycles. The van der Waals surface area contributed by atoms with Crippen LogP contribution in [-0.4, -0.2) is 27.9 Å². The van der Waals surface area contributed by atoms with Crippen LogP contribution in [0.3, 0.4) is 0 Å². The summed E-state index contributed by atoms with van der Waals surface area (Å²) in [4.78, 5) is 2.45. The number of aromatic amines is 1. The Bertz CT molecular complexity index is 428. The fourth-order valence-electron chi connectivity index (χ4n) is 2.30. The lowest BCUT2D eigenvalue weighted by Crippen LogP contribution is -2.30. The highest BCUT2D eigenvalue weighted by molar-refractivity contribution is 7.71. The molecular weight excluding hydrogens is 232 g/mol. The number of rotatable bonds is 6. The van der Waals surface area contributed by atoms with Gasteiger partial charge in [0.25, 0.3) is 0 Å². The van der Waals surface area contributed by atoms with Crippen LogP contribution in [0, 0.1) is 16.6 Å². The van der Waals surface area contributed by atoms with Gasteiger partial charge in [-0.15, -0.1) is 5.10 Å². The maximum absolute atomic E-state index is 5.27. The van der Waals surface area contributed by atoms with Crippen LogP contribution in [0.2, 0.25) is 0 Å². The Hall–Kier alpha value is -0.840. The maximum Gasteiger partial charge on any atom is 0.225 e. The number of H-pyrrole nitrogens is 1. The lowest BCUT2D eigenvalue weighted by Gasteiger charge is -2.23. The minimum absolute atomic E-state index is 0.749. The van der Waals surface area contributed by atoms with E-state index >= 15 is 0 Å². The van der Waals surface area contributed by atoms with Crippen LogP contribution in [0.15, 0.2) is 0 Å². The minimum atomic E-state index is 0.749. The number of nitrogens with one attached hydrogen (secondary N) is 1. The Morgan fingerprint density at radius 2 is 1.88 bits per heavy atom. The van der Waals surface area contributed by atoms with Gasteiger partial charge in [0.15, 0.2) is 4.77 Å². The van der Waals surface area contributed by atoms with E-state index < -0.39 is 0 Å². The molecule has 1 heterocycles. The van der Waals surface area contributed by atoms with Gasteiger partial charge in [0.2, 0.25) is 5.95 Å². The molecule has 5 heteroatoms. The average molecular weight is 252 g/mol. The molecule has 0 amide bonds. The van der Waals surface area contributed by atoms with E-state index in [1.165, 1.54) is 25.7 Å². The van der Waals surface area contributed by atoms with E-state index in [0.717, 1.165) is 42.2 Å². The van der Waals surface area contributed by atoms with Gasteiger partial charge in [-0.25, -0.2) is 5.10 Å². The SMILES string of the molecule is CCn1c(N(CC2CC2)CC2CC2)n[nH]c1=S. The highest BCUT2D eigenvalue weighted by Crippen LogP contribution is 2.35. The van der Waals surface area contributed by atoms with Crippen molar-refractivity contribution in [1.82, 2.24) is 14.8 Å². The van der Waals surface area contributed by atoms with E-state index in [9.17, 15) is 0 Å². The molecule has 0 bridgehead atoms. The molecule has 1 N–H and O–H groups in total. The van der Waals surface area contributed by atoms with E-state index in [4.69, 9.17) is 12.2 Å². The zero-order valence-electron chi connectivity index (χ0n) is 10.4. The zero-order chi connectivity index (χ0) is 11.8. The molecule has 4 nitrogen and oxygen atoms in total. The van der Waals surface area contributed by atoms with Gasteiger partial charge < -0.3 is 4.90 Å². The second-order valence-corrected chi connectivity index (χ2v) is 5.75. The van der Waals surface area contributed by atoms with Gasteiger partial charge >= 0.3 is 0 Å². The summed E-state index contributed by atoms with van der Waals surface area (Å²) in [5, 5.41) is 7.35. The van der Waals surface area contributed by atoms with E-state index in [1.807, 2.05) is 0 Å². The Morgan fingerprint density at radius 3 is 2.35 bits per heavy atom. The van der Waals surface area contributed by atoms with Gasteiger partial charge in [-0.2, -0.15) is 0 Å². The number of hydrogen-bond acceptors (Lipinski definition) is 3. The molecule has 1 aromatic rings. The topological polar surface area (TPSA) is 36.9 Å². The molecule has 0 spiro atoms. The average Bonchev–Trinajstić information content (AvgIpc) is 3.21. The molecule has 2 saturated carbocycles. The molecule has 0 aliphatic heterocycles. The highest BCUT2D eigenvalue weighted by atomic mass is 32.1. The first-order valence-corrected chi connectivity index (χ1v) is 7.09.